The smallest absolute Gasteiger partial charge is 0.365 e. The fraction of sp³-hybridized carbons (Fsp3) is 0.333. The lowest BCUT2D eigenvalue weighted by Gasteiger charge is -2.24. The van der Waals surface area contributed by atoms with E-state index in [2.05, 4.69) is 9.89 Å². The number of carbonyl (C=O) groups excluding carboxylic acids is 1. The Hall–Kier alpha value is -2.70. The van der Waals surface area contributed by atoms with Gasteiger partial charge in [0.05, 0.1) is 4.92 Å². The van der Waals surface area contributed by atoms with Crippen LogP contribution in [0.25, 0.3) is 0 Å². The molecule has 7 nitrogen and oxygen atoms in total. The van der Waals surface area contributed by atoms with Crippen LogP contribution in [0, 0.1) is 10.1 Å². The number of hydrogen-bond acceptors (Lipinski definition) is 6. The predicted octanol–water partition coefficient (Wildman–Crippen LogP) is 2.23. The van der Waals surface area contributed by atoms with Crippen LogP contribution < -0.4 is 0 Å². The van der Waals surface area contributed by atoms with Gasteiger partial charge in [0.2, 0.25) is 5.90 Å². The highest BCUT2D eigenvalue weighted by atomic mass is 16.6. The largest absolute Gasteiger partial charge is 0.402 e. The summed E-state index contributed by atoms with van der Waals surface area (Å²) in [4.78, 5) is 28.3. The van der Waals surface area contributed by atoms with Crippen LogP contribution in [0.3, 0.4) is 0 Å². The third-order valence-electron chi connectivity index (χ3n) is 3.64. The first-order valence-electron chi connectivity index (χ1n) is 7.15. The van der Waals surface area contributed by atoms with Gasteiger partial charge in [0.25, 0.3) is 5.69 Å². The highest BCUT2D eigenvalue weighted by molar-refractivity contribution is 6.11. The van der Waals surface area contributed by atoms with Crippen LogP contribution in [0.4, 0.5) is 5.69 Å². The molecule has 0 bridgehead atoms. The van der Waals surface area contributed by atoms with E-state index in [1.54, 1.807) is 6.20 Å². The molecule has 0 amide bonds. The van der Waals surface area contributed by atoms with E-state index in [0.717, 1.165) is 25.9 Å². The van der Waals surface area contributed by atoms with Gasteiger partial charge in [-0.25, -0.2) is 9.79 Å². The van der Waals surface area contributed by atoms with E-state index in [9.17, 15) is 14.9 Å². The molecule has 0 atom stereocenters. The lowest BCUT2D eigenvalue weighted by atomic mass is 10.1. The first-order valence-corrected chi connectivity index (χ1v) is 7.15. The number of aliphatic imine (C=N–C) groups is 1. The Bertz CT molecular complexity index is 658. The molecule has 2 aliphatic rings. The van der Waals surface area contributed by atoms with Crippen molar-refractivity contribution >= 4 is 17.6 Å². The van der Waals surface area contributed by atoms with Crippen LogP contribution in [0.15, 0.2) is 41.2 Å². The molecule has 0 aliphatic carbocycles. The summed E-state index contributed by atoms with van der Waals surface area (Å²) >= 11 is 0. The summed E-state index contributed by atoms with van der Waals surface area (Å²) in [6.45, 7) is 1.83. The molecule has 3 rings (SSSR count). The molecular weight excluding hydrogens is 286 g/mol. The van der Waals surface area contributed by atoms with Crippen LogP contribution in [-0.2, 0) is 9.53 Å². The van der Waals surface area contributed by atoms with Gasteiger partial charge < -0.3 is 9.64 Å². The SMILES string of the molecule is O=C1OC(c2ccc([N+](=O)[O-])cc2)=NC1=CN1CCCCC1. The Morgan fingerprint density at radius 3 is 2.50 bits per heavy atom. The van der Waals surface area contributed by atoms with Crippen molar-refractivity contribution in [1.82, 2.24) is 4.90 Å². The second-order valence-electron chi connectivity index (χ2n) is 5.22. The van der Waals surface area contributed by atoms with E-state index in [4.69, 9.17) is 4.74 Å². The van der Waals surface area contributed by atoms with Gasteiger partial charge in [-0.3, -0.25) is 10.1 Å². The summed E-state index contributed by atoms with van der Waals surface area (Å²) in [6, 6.07) is 5.76. The van der Waals surface area contributed by atoms with Crippen LogP contribution in [0.2, 0.25) is 0 Å². The van der Waals surface area contributed by atoms with Crippen molar-refractivity contribution in [2.75, 3.05) is 13.1 Å². The van der Waals surface area contributed by atoms with Gasteiger partial charge in [-0.1, -0.05) is 0 Å². The maximum absolute atomic E-state index is 11.9. The number of cyclic esters (lactones) is 1. The fourth-order valence-electron chi connectivity index (χ4n) is 2.47. The lowest BCUT2D eigenvalue weighted by molar-refractivity contribution is -0.384. The van der Waals surface area contributed by atoms with E-state index in [0.29, 0.717) is 5.56 Å². The number of likely N-dealkylation sites (tertiary alicyclic amines) is 1. The quantitative estimate of drug-likeness (QED) is 0.370. The minimum Gasteiger partial charge on any atom is -0.402 e. The van der Waals surface area contributed by atoms with Gasteiger partial charge in [-0.2, -0.15) is 0 Å². The van der Waals surface area contributed by atoms with Gasteiger partial charge in [-0.15, -0.1) is 0 Å². The van der Waals surface area contributed by atoms with E-state index < -0.39 is 10.9 Å². The zero-order chi connectivity index (χ0) is 15.5. The van der Waals surface area contributed by atoms with E-state index in [1.807, 2.05) is 0 Å². The summed E-state index contributed by atoms with van der Waals surface area (Å²) in [6.07, 6.45) is 5.16. The number of rotatable bonds is 3. The molecule has 7 heteroatoms. The second kappa shape index (κ2) is 5.97. The van der Waals surface area contributed by atoms with Gasteiger partial charge >= 0.3 is 5.97 Å². The van der Waals surface area contributed by atoms with Gasteiger partial charge in [0.1, 0.15) is 0 Å². The number of ether oxygens (including phenoxy) is 1. The monoisotopic (exact) mass is 301 g/mol. The van der Waals surface area contributed by atoms with Crippen molar-refractivity contribution in [3.05, 3.63) is 51.8 Å². The number of nitro benzene ring substituents is 1. The van der Waals surface area contributed by atoms with Crippen molar-refractivity contribution in [3.8, 4) is 0 Å². The van der Waals surface area contributed by atoms with Crippen LogP contribution >= 0.6 is 0 Å². The number of carbonyl (C=O) groups is 1. The summed E-state index contributed by atoms with van der Waals surface area (Å²) in [5, 5.41) is 10.6. The summed E-state index contributed by atoms with van der Waals surface area (Å²) in [5.41, 5.74) is 0.800. The van der Waals surface area contributed by atoms with Crippen molar-refractivity contribution in [1.29, 1.82) is 0 Å². The van der Waals surface area contributed by atoms with Gasteiger partial charge in [-0.05, 0) is 31.4 Å². The molecule has 114 valence electrons. The maximum Gasteiger partial charge on any atom is 0.365 e. The van der Waals surface area contributed by atoms with E-state index >= 15 is 0 Å². The normalized spacial score (nSPS) is 20.0. The Morgan fingerprint density at radius 2 is 1.86 bits per heavy atom. The van der Waals surface area contributed by atoms with Gasteiger partial charge in [0.15, 0.2) is 5.70 Å². The highest BCUT2D eigenvalue weighted by Crippen LogP contribution is 2.20. The fourth-order valence-corrected chi connectivity index (χ4v) is 2.47. The zero-order valence-electron chi connectivity index (χ0n) is 11.9. The Balaban J connectivity index is 1.79. The van der Waals surface area contributed by atoms with E-state index in [1.165, 1.54) is 30.7 Å². The average molecular weight is 301 g/mol. The number of piperidine rings is 1. The molecule has 22 heavy (non-hydrogen) atoms. The number of nitrogens with zero attached hydrogens (tertiary/aromatic N) is 3. The molecule has 0 radical (unpaired) electrons. The van der Waals surface area contributed by atoms with Crippen LogP contribution in [0.1, 0.15) is 24.8 Å². The molecule has 1 saturated heterocycles. The predicted molar refractivity (Wildman–Crippen MR) is 79.2 cm³/mol. The van der Waals surface area contributed by atoms with Crippen LogP contribution in [-0.4, -0.2) is 34.8 Å². The molecule has 0 saturated carbocycles. The molecule has 0 aromatic heterocycles. The molecular formula is C15H15N3O4. The van der Waals surface area contributed by atoms with Crippen molar-refractivity contribution in [2.45, 2.75) is 19.3 Å². The van der Waals surface area contributed by atoms with Crippen molar-refractivity contribution in [3.63, 3.8) is 0 Å². The Labute approximate surface area is 127 Å². The number of benzene rings is 1. The lowest BCUT2D eigenvalue weighted by Crippen LogP contribution is -2.25. The van der Waals surface area contributed by atoms with Crippen molar-refractivity contribution in [2.24, 2.45) is 4.99 Å². The first-order chi connectivity index (χ1) is 10.6. The molecule has 1 fully saturated rings. The molecule has 0 N–H and O–H groups in total. The maximum atomic E-state index is 11.9. The third-order valence-corrected chi connectivity index (χ3v) is 3.64. The molecule has 0 unspecified atom stereocenters. The van der Waals surface area contributed by atoms with Gasteiger partial charge in [0, 0.05) is 37.0 Å². The molecule has 1 aromatic carbocycles. The zero-order valence-corrected chi connectivity index (χ0v) is 11.9. The number of esters is 1. The molecule has 2 aliphatic heterocycles. The Morgan fingerprint density at radius 1 is 1.18 bits per heavy atom. The first kappa shape index (κ1) is 14.2. The summed E-state index contributed by atoms with van der Waals surface area (Å²) < 4.78 is 5.15. The minimum atomic E-state index is -0.487. The minimum absolute atomic E-state index is 0.0160. The van der Waals surface area contributed by atoms with Crippen molar-refractivity contribution < 1.29 is 14.5 Å². The van der Waals surface area contributed by atoms with E-state index in [-0.39, 0.29) is 17.3 Å². The summed E-state index contributed by atoms with van der Waals surface area (Å²) in [5.74, 6) is -0.304. The molecule has 2 heterocycles. The Kier molecular flexibility index (Phi) is 3.86. The number of hydrogen-bond donors (Lipinski definition) is 0. The molecule has 1 aromatic rings. The second-order valence-corrected chi connectivity index (χ2v) is 5.22. The van der Waals surface area contributed by atoms with Crippen LogP contribution in [0.5, 0.6) is 0 Å². The number of non-ortho nitro benzene ring substituents is 1. The standard InChI is InChI=1S/C15H15N3O4/c19-15-13(10-17-8-2-1-3-9-17)16-14(22-15)11-4-6-12(7-5-11)18(20)21/h4-7,10H,1-3,8-9H2. The topological polar surface area (TPSA) is 85.0 Å². The average Bonchev–Trinajstić information content (AvgIpc) is 2.89. The molecule has 0 spiro atoms. The number of nitro groups is 1. The summed E-state index contributed by atoms with van der Waals surface area (Å²) in [7, 11) is 0. The third kappa shape index (κ3) is 2.98. The highest BCUT2D eigenvalue weighted by Gasteiger charge is 2.25.